The number of rotatable bonds is 6. The summed E-state index contributed by atoms with van der Waals surface area (Å²) in [7, 11) is 0. The minimum atomic E-state index is -0.269. The first kappa shape index (κ1) is 15.0. The first-order valence-electron chi connectivity index (χ1n) is 6.78. The van der Waals surface area contributed by atoms with Gasteiger partial charge in [-0.1, -0.05) is 24.6 Å². The molecule has 1 heterocycles. The summed E-state index contributed by atoms with van der Waals surface area (Å²) in [6, 6.07) is 4.95. The van der Waals surface area contributed by atoms with Crippen LogP contribution in [0, 0.1) is 5.82 Å². The Hall–Kier alpha value is -1.39. The van der Waals surface area contributed by atoms with Crippen LogP contribution in [-0.4, -0.2) is 15.6 Å². The standard InChI is InChI=1S/C15H19ClFN3/c1-3-15-18-7-8-20(15)10-11(2)19-9-12-13(16)5-4-6-14(12)17/h4-8,11,19H,3,9-10H2,1-2H3. The van der Waals surface area contributed by atoms with Crippen LogP contribution in [0.1, 0.15) is 25.2 Å². The second-order valence-corrected chi connectivity index (χ2v) is 5.24. The molecule has 0 bridgehead atoms. The lowest BCUT2D eigenvalue weighted by Crippen LogP contribution is -2.30. The summed E-state index contributed by atoms with van der Waals surface area (Å²) >= 11 is 6.01. The molecule has 0 saturated heterocycles. The van der Waals surface area contributed by atoms with E-state index in [1.54, 1.807) is 18.3 Å². The lowest BCUT2D eigenvalue weighted by molar-refractivity contribution is 0.461. The van der Waals surface area contributed by atoms with Gasteiger partial charge in [0.2, 0.25) is 0 Å². The van der Waals surface area contributed by atoms with Crippen molar-refractivity contribution in [3.63, 3.8) is 0 Å². The number of aryl methyl sites for hydroxylation is 1. The van der Waals surface area contributed by atoms with Crippen LogP contribution in [0.25, 0.3) is 0 Å². The fraction of sp³-hybridized carbons (Fsp3) is 0.400. The number of benzene rings is 1. The summed E-state index contributed by atoms with van der Waals surface area (Å²) in [5, 5.41) is 3.76. The molecule has 2 aromatic rings. The van der Waals surface area contributed by atoms with Gasteiger partial charge in [-0.2, -0.15) is 0 Å². The highest BCUT2D eigenvalue weighted by molar-refractivity contribution is 6.31. The molecule has 3 nitrogen and oxygen atoms in total. The Morgan fingerprint density at radius 1 is 1.45 bits per heavy atom. The van der Waals surface area contributed by atoms with E-state index in [9.17, 15) is 4.39 Å². The quantitative estimate of drug-likeness (QED) is 0.885. The number of nitrogens with one attached hydrogen (secondary N) is 1. The van der Waals surface area contributed by atoms with Crippen LogP contribution in [-0.2, 0) is 19.5 Å². The molecule has 1 atom stereocenters. The van der Waals surface area contributed by atoms with Gasteiger partial charge in [-0.3, -0.25) is 0 Å². The molecule has 0 fully saturated rings. The molecular formula is C15H19ClFN3. The van der Waals surface area contributed by atoms with E-state index < -0.39 is 0 Å². The Labute approximate surface area is 123 Å². The van der Waals surface area contributed by atoms with E-state index in [0.717, 1.165) is 18.8 Å². The molecule has 0 radical (unpaired) electrons. The third-order valence-electron chi connectivity index (χ3n) is 3.28. The van der Waals surface area contributed by atoms with Crippen LogP contribution < -0.4 is 5.32 Å². The molecule has 5 heteroatoms. The number of halogens is 2. The van der Waals surface area contributed by atoms with Crippen LogP contribution in [0.4, 0.5) is 4.39 Å². The molecule has 1 aromatic heterocycles. The Morgan fingerprint density at radius 3 is 2.95 bits per heavy atom. The van der Waals surface area contributed by atoms with Gasteiger partial charge in [-0.25, -0.2) is 9.37 Å². The first-order valence-corrected chi connectivity index (χ1v) is 7.16. The first-order chi connectivity index (χ1) is 9.61. The molecular weight excluding hydrogens is 277 g/mol. The molecule has 20 heavy (non-hydrogen) atoms. The van der Waals surface area contributed by atoms with Crippen molar-refractivity contribution in [3.05, 3.63) is 52.8 Å². The van der Waals surface area contributed by atoms with Crippen molar-refractivity contribution in [2.45, 2.75) is 39.4 Å². The van der Waals surface area contributed by atoms with Gasteiger partial charge < -0.3 is 9.88 Å². The molecule has 108 valence electrons. The van der Waals surface area contributed by atoms with Crippen molar-refractivity contribution in [2.24, 2.45) is 0 Å². The smallest absolute Gasteiger partial charge is 0.129 e. The highest BCUT2D eigenvalue weighted by Gasteiger charge is 2.10. The van der Waals surface area contributed by atoms with Gasteiger partial charge in [-0.05, 0) is 19.1 Å². The zero-order chi connectivity index (χ0) is 14.5. The van der Waals surface area contributed by atoms with Crippen molar-refractivity contribution < 1.29 is 4.39 Å². The van der Waals surface area contributed by atoms with Crippen LogP contribution in [0.5, 0.6) is 0 Å². The second-order valence-electron chi connectivity index (χ2n) is 4.83. The summed E-state index contributed by atoms with van der Waals surface area (Å²) in [4.78, 5) is 4.29. The highest BCUT2D eigenvalue weighted by Crippen LogP contribution is 2.18. The highest BCUT2D eigenvalue weighted by atomic mass is 35.5. The van der Waals surface area contributed by atoms with E-state index in [4.69, 9.17) is 11.6 Å². The SMILES string of the molecule is CCc1nccn1CC(C)NCc1c(F)cccc1Cl. The van der Waals surface area contributed by atoms with E-state index in [2.05, 4.69) is 28.7 Å². The summed E-state index contributed by atoms with van der Waals surface area (Å²) < 4.78 is 15.8. The Balaban J connectivity index is 1.94. The van der Waals surface area contributed by atoms with Gasteiger partial charge in [0.15, 0.2) is 0 Å². The van der Waals surface area contributed by atoms with Crippen molar-refractivity contribution >= 4 is 11.6 Å². The van der Waals surface area contributed by atoms with Gasteiger partial charge >= 0.3 is 0 Å². The molecule has 0 aliphatic heterocycles. The minimum Gasteiger partial charge on any atom is -0.333 e. The number of hydrogen-bond donors (Lipinski definition) is 1. The van der Waals surface area contributed by atoms with E-state index in [0.29, 0.717) is 17.1 Å². The van der Waals surface area contributed by atoms with Crippen molar-refractivity contribution in [1.82, 2.24) is 14.9 Å². The summed E-state index contributed by atoms with van der Waals surface area (Å²) in [5.41, 5.74) is 0.516. The fourth-order valence-corrected chi connectivity index (χ4v) is 2.39. The Morgan fingerprint density at radius 2 is 2.25 bits per heavy atom. The number of aromatic nitrogens is 2. The number of nitrogens with zero attached hydrogens (tertiary/aromatic N) is 2. The molecule has 1 unspecified atom stereocenters. The van der Waals surface area contributed by atoms with Gasteiger partial charge in [0.25, 0.3) is 0 Å². The molecule has 0 aliphatic carbocycles. The predicted octanol–water partition coefficient (Wildman–Crippen LogP) is 3.42. The normalized spacial score (nSPS) is 12.6. The fourth-order valence-electron chi connectivity index (χ4n) is 2.16. The maximum Gasteiger partial charge on any atom is 0.129 e. The van der Waals surface area contributed by atoms with Crippen LogP contribution in [0.15, 0.2) is 30.6 Å². The monoisotopic (exact) mass is 295 g/mol. The molecule has 0 saturated carbocycles. The van der Waals surface area contributed by atoms with Crippen molar-refractivity contribution in [2.75, 3.05) is 0 Å². The number of imidazole rings is 1. The van der Waals surface area contributed by atoms with E-state index in [-0.39, 0.29) is 11.9 Å². The van der Waals surface area contributed by atoms with Gasteiger partial charge in [0.05, 0.1) is 0 Å². The van der Waals surface area contributed by atoms with E-state index >= 15 is 0 Å². The average Bonchev–Trinajstić information content (AvgIpc) is 2.85. The van der Waals surface area contributed by atoms with Crippen molar-refractivity contribution in [1.29, 1.82) is 0 Å². The largest absolute Gasteiger partial charge is 0.333 e. The van der Waals surface area contributed by atoms with E-state index in [1.165, 1.54) is 6.07 Å². The molecule has 1 aromatic carbocycles. The van der Waals surface area contributed by atoms with Gasteiger partial charge in [0.1, 0.15) is 11.6 Å². The maximum absolute atomic E-state index is 13.7. The van der Waals surface area contributed by atoms with E-state index in [1.807, 2.05) is 6.20 Å². The second kappa shape index (κ2) is 6.86. The molecule has 2 rings (SSSR count). The van der Waals surface area contributed by atoms with Gasteiger partial charge in [-0.15, -0.1) is 0 Å². The zero-order valence-electron chi connectivity index (χ0n) is 11.7. The Bertz CT molecular complexity index is 548. The van der Waals surface area contributed by atoms with Gasteiger partial charge in [0, 0.05) is 48.5 Å². The van der Waals surface area contributed by atoms with Crippen LogP contribution >= 0.6 is 11.6 Å². The molecule has 0 spiro atoms. The third kappa shape index (κ3) is 3.58. The minimum absolute atomic E-state index is 0.199. The topological polar surface area (TPSA) is 29.9 Å². The van der Waals surface area contributed by atoms with Crippen LogP contribution in [0.3, 0.4) is 0 Å². The molecule has 0 amide bonds. The zero-order valence-corrected chi connectivity index (χ0v) is 12.5. The summed E-state index contributed by atoms with van der Waals surface area (Å²) in [5.74, 6) is 0.789. The lowest BCUT2D eigenvalue weighted by Gasteiger charge is -2.16. The van der Waals surface area contributed by atoms with Crippen LogP contribution in [0.2, 0.25) is 5.02 Å². The number of hydrogen-bond acceptors (Lipinski definition) is 2. The average molecular weight is 296 g/mol. The molecule has 0 aliphatic rings. The Kier molecular flexibility index (Phi) is 5.15. The molecule has 1 N–H and O–H groups in total. The summed E-state index contributed by atoms with van der Waals surface area (Å²) in [6.45, 7) is 5.36. The predicted molar refractivity (Wildman–Crippen MR) is 79.3 cm³/mol. The summed E-state index contributed by atoms with van der Waals surface area (Å²) in [6.07, 6.45) is 4.67. The maximum atomic E-state index is 13.7. The lowest BCUT2D eigenvalue weighted by atomic mass is 10.2. The van der Waals surface area contributed by atoms with Crippen molar-refractivity contribution in [3.8, 4) is 0 Å². The third-order valence-corrected chi connectivity index (χ3v) is 3.63.